The Morgan fingerprint density at radius 1 is 1.15 bits per heavy atom. The zero-order valence-corrected chi connectivity index (χ0v) is 12.6. The first-order valence-electron chi connectivity index (χ1n) is 6.44. The molecule has 0 saturated carbocycles. The van der Waals surface area contributed by atoms with E-state index in [4.69, 9.17) is 11.6 Å². The average Bonchev–Trinajstić information content (AvgIpc) is 2.45. The van der Waals surface area contributed by atoms with Gasteiger partial charge in [-0.1, -0.05) is 37.3 Å². The lowest BCUT2D eigenvalue weighted by atomic mass is 10.0. The normalized spacial score (nSPS) is 12.0. The molecular formula is C14H18ClN5. The molecule has 1 heterocycles. The van der Waals surface area contributed by atoms with E-state index >= 15 is 0 Å². The fourth-order valence-corrected chi connectivity index (χ4v) is 1.92. The first-order valence-corrected chi connectivity index (χ1v) is 6.82. The molecule has 1 N–H and O–H groups in total. The number of rotatable bonds is 5. The second kappa shape index (κ2) is 6.52. The van der Waals surface area contributed by atoms with Gasteiger partial charge in [0.05, 0.1) is 0 Å². The number of benzene rings is 1. The molecule has 0 aliphatic heterocycles. The Balaban J connectivity index is 2.04. The van der Waals surface area contributed by atoms with Crippen molar-refractivity contribution in [3.63, 3.8) is 0 Å². The third kappa shape index (κ3) is 3.81. The Kier molecular flexibility index (Phi) is 4.74. The van der Waals surface area contributed by atoms with Crippen LogP contribution in [0.25, 0.3) is 0 Å². The molecule has 1 unspecified atom stereocenters. The van der Waals surface area contributed by atoms with E-state index in [1.54, 1.807) is 4.90 Å². The maximum atomic E-state index is 5.90. The predicted molar refractivity (Wildman–Crippen MR) is 82.5 cm³/mol. The molecule has 0 saturated heterocycles. The van der Waals surface area contributed by atoms with Crippen LogP contribution in [0.15, 0.2) is 30.3 Å². The third-order valence-corrected chi connectivity index (χ3v) is 3.10. The van der Waals surface area contributed by atoms with Crippen molar-refractivity contribution in [1.82, 2.24) is 15.0 Å². The molecule has 1 atom stereocenters. The van der Waals surface area contributed by atoms with Crippen molar-refractivity contribution in [2.45, 2.75) is 12.8 Å². The standard InChI is InChI=1S/C14H18ClN5/c1-10(11-7-5-4-6-8-11)9-16-13-17-12(15)18-14(19-13)20(2)3/h4-8,10H,9H2,1-3H3,(H,16,17,18,19). The van der Waals surface area contributed by atoms with E-state index < -0.39 is 0 Å². The van der Waals surface area contributed by atoms with Crippen molar-refractivity contribution in [3.05, 3.63) is 41.2 Å². The quantitative estimate of drug-likeness (QED) is 0.918. The molecule has 5 nitrogen and oxygen atoms in total. The molecule has 0 radical (unpaired) electrons. The van der Waals surface area contributed by atoms with Gasteiger partial charge in [-0.05, 0) is 23.1 Å². The van der Waals surface area contributed by atoms with E-state index in [1.807, 2.05) is 32.3 Å². The average molecular weight is 292 g/mol. The fraction of sp³-hybridized carbons (Fsp3) is 0.357. The summed E-state index contributed by atoms with van der Waals surface area (Å²) < 4.78 is 0. The van der Waals surface area contributed by atoms with Crippen molar-refractivity contribution in [3.8, 4) is 0 Å². The molecule has 1 aromatic carbocycles. The van der Waals surface area contributed by atoms with Gasteiger partial charge in [-0.2, -0.15) is 15.0 Å². The van der Waals surface area contributed by atoms with Crippen LogP contribution in [0.2, 0.25) is 5.28 Å². The Labute approximate surface area is 124 Å². The Bertz CT molecular complexity index is 559. The Morgan fingerprint density at radius 3 is 2.50 bits per heavy atom. The maximum Gasteiger partial charge on any atom is 0.230 e. The fourth-order valence-electron chi connectivity index (χ4n) is 1.76. The lowest BCUT2D eigenvalue weighted by Crippen LogP contribution is -2.17. The van der Waals surface area contributed by atoms with Crippen molar-refractivity contribution in [1.29, 1.82) is 0 Å². The minimum Gasteiger partial charge on any atom is -0.353 e. The van der Waals surface area contributed by atoms with Crippen LogP contribution in [0.4, 0.5) is 11.9 Å². The second-order valence-electron chi connectivity index (χ2n) is 4.82. The molecule has 0 aliphatic rings. The van der Waals surface area contributed by atoms with Crippen molar-refractivity contribution in [2.24, 2.45) is 0 Å². The maximum absolute atomic E-state index is 5.90. The van der Waals surface area contributed by atoms with E-state index in [1.165, 1.54) is 5.56 Å². The van der Waals surface area contributed by atoms with Gasteiger partial charge in [0.25, 0.3) is 0 Å². The number of hydrogen-bond donors (Lipinski definition) is 1. The van der Waals surface area contributed by atoms with Crippen LogP contribution >= 0.6 is 11.6 Å². The molecule has 2 aromatic rings. The van der Waals surface area contributed by atoms with Crippen LogP contribution in [0.3, 0.4) is 0 Å². The lowest BCUT2D eigenvalue weighted by Gasteiger charge is -2.15. The summed E-state index contributed by atoms with van der Waals surface area (Å²) >= 11 is 5.90. The number of nitrogens with one attached hydrogen (secondary N) is 1. The summed E-state index contributed by atoms with van der Waals surface area (Å²) in [5, 5.41) is 3.40. The highest BCUT2D eigenvalue weighted by molar-refractivity contribution is 6.28. The van der Waals surface area contributed by atoms with Gasteiger partial charge in [-0.15, -0.1) is 0 Å². The SMILES string of the molecule is CC(CNc1nc(Cl)nc(N(C)C)n1)c1ccccc1. The molecule has 0 amide bonds. The van der Waals surface area contributed by atoms with Gasteiger partial charge >= 0.3 is 0 Å². The van der Waals surface area contributed by atoms with Gasteiger partial charge in [0, 0.05) is 20.6 Å². The number of hydrogen-bond acceptors (Lipinski definition) is 5. The van der Waals surface area contributed by atoms with Crippen LogP contribution < -0.4 is 10.2 Å². The van der Waals surface area contributed by atoms with E-state index in [0.29, 0.717) is 17.8 Å². The molecule has 0 aliphatic carbocycles. The molecule has 0 spiro atoms. The molecule has 0 bridgehead atoms. The largest absolute Gasteiger partial charge is 0.353 e. The van der Waals surface area contributed by atoms with Crippen LogP contribution in [-0.4, -0.2) is 35.6 Å². The van der Waals surface area contributed by atoms with Crippen LogP contribution in [-0.2, 0) is 0 Å². The van der Waals surface area contributed by atoms with Gasteiger partial charge < -0.3 is 10.2 Å². The zero-order chi connectivity index (χ0) is 14.5. The summed E-state index contributed by atoms with van der Waals surface area (Å²) in [5.74, 6) is 1.39. The van der Waals surface area contributed by atoms with Gasteiger partial charge in [-0.25, -0.2) is 0 Å². The molecule has 2 rings (SSSR count). The third-order valence-electron chi connectivity index (χ3n) is 2.93. The van der Waals surface area contributed by atoms with E-state index in [-0.39, 0.29) is 5.28 Å². The number of halogens is 1. The minimum atomic E-state index is 0.193. The van der Waals surface area contributed by atoms with E-state index in [9.17, 15) is 0 Å². The smallest absolute Gasteiger partial charge is 0.230 e. The predicted octanol–water partition coefficient (Wildman–Crippen LogP) is 2.81. The van der Waals surface area contributed by atoms with Gasteiger partial charge in [0.15, 0.2) is 0 Å². The van der Waals surface area contributed by atoms with Gasteiger partial charge in [-0.3, -0.25) is 0 Å². The van der Waals surface area contributed by atoms with Crippen molar-refractivity contribution in [2.75, 3.05) is 30.9 Å². The molecule has 0 fully saturated rings. The van der Waals surface area contributed by atoms with Gasteiger partial charge in [0.1, 0.15) is 0 Å². The highest BCUT2D eigenvalue weighted by Gasteiger charge is 2.09. The first-order chi connectivity index (χ1) is 9.56. The molecule has 6 heteroatoms. The summed E-state index contributed by atoms with van der Waals surface area (Å²) in [6.07, 6.45) is 0. The summed E-state index contributed by atoms with van der Waals surface area (Å²) in [6, 6.07) is 10.3. The van der Waals surface area contributed by atoms with Gasteiger partial charge in [0.2, 0.25) is 17.2 Å². The Morgan fingerprint density at radius 2 is 1.85 bits per heavy atom. The number of aromatic nitrogens is 3. The van der Waals surface area contributed by atoms with Crippen LogP contribution in [0.1, 0.15) is 18.4 Å². The highest BCUT2D eigenvalue weighted by atomic mass is 35.5. The first kappa shape index (κ1) is 14.5. The molecule has 1 aromatic heterocycles. The lowest BCUT2D eigenvalue weighted by molar-refractivity contribution is 0.793. The zero-order valence-electron chi connectivity index (χ0n) is 11.8. The number of nitrogens with zero attached hydrogens (tertiary/aromatic N) is 4. The summed E-state index contributed by atoms with van der Waals surface area (Å²) in [6.45, 7) is 2.88. The minimum absolute atomic E-state index is 0.193. The topological polar surface area (TPSA) is 53.9 Å². The summed E-state index contributed by atoms with van der Waals surface area (Å²) in [7, 11) is 3.73. The summed E-state index contributed by atoms with van der Waals surface area (Å²) in [4.78, 5) is 14.2. The van der Waals surface area contributed by atoms with Crippen molar-refractivity contribution >= 4 is 23.5 Å². The second-order valence-corrected chi connectivity index (χ2v) is 5.15. The highest BCUT2D eigenvalue weighted by Crippen LogP contribution is 2.16. The molecular weight excluding hydrogens is 274 g/mol. The van der Waals surface area contributed by atoms with Crippen LogP contribution in [0.5, 0.6) is 0 Å². The van der Waals surface area contributed by atoms with E-state index in [0.717, 1.165) is 6.54 Å². The molecule has 106 valence electrons. The molecule has 20 heavy (non-hydrogen) atoms. The number of anilines is 2. The van der Waals surface area contributed by atoms with Crippen molar-refractivity contribution < 1.29 is 0 Å². The van der Waals surface area contributed by atoms with Crippen LogP contribution in [0, 0.1) is 0 Å². The summed E-state index contributed by atoms with van der Waals surface area (Å²) in [5.41, 5.74) is 1.27. The Hall–Kier alpha value is -1.88. The van der Waals surface area contributed by atoms with E-state index in [2.05, 4.69) is 39.3 Å². The monoisotopic (exact) mass is 291 g/mol.